The average molecular weight is 234 g/mol. The molecule has 4 nitrogen and oxygen atoms in total. The van der Waals surface area contributed by atoms with Gasteiger partial charge in [0.1, 0.15) is 0 Å². The highest BCUT2D eigenvalue weighted by molar-refractivity contribution is 7.80. The van der Waals surface area contributed by atoms with Crippen molar-refractivity contribution >= 4 is 17.3 Å². The van der Waals surface area contributed by atoms with Crippen molar-refractivity contribution in [2.45, 2.75) is 25.8 Å². The summed E-state index contributed by atoms with van der Waals surface area (Å²) in [6.45, 7) is 4.37. The Balaban J connectivity index is 3.52. The van der Waals surface area contributed by atoms with E-state index in [-0.39, 0.29) is 6.04 Å². The molecule has 0 saturated heterocycles. The van der Waals surface area contributed by atoms with E-state index in [0.29, 0.717) is 11.7 Å². The number of methoxy groups -OCH3 is 2. The van der Waals surface area contributed by atoms with E-state index in [0.717, 1.165) is 26.0 Å². The molecule has 0 aromatic heterocycles. The topological polar surface area (TPSA) is 42.5 Å². The molecule has 2 N–H and O–H groups in total. The Kier molecular flexibility index (Phi) is 9.88. The molecule has 0 heterocycles. The first-order valence-electron chi connectivity index (χ1n) is 5.26. The molecule has 0 aromatic rings. The Hall–Kier alpha value is -0.390. The van der Waals surface area contributed by atoms with Gasteiger partial charge in [0, 0.05) is 27.4 Å². The van der Waals surface area contributed by atoms with E-state index in [4.69, 9.17) is 21.7 Å². The lowest BCUT2D eigenvalue weighted by Crippen LogP contribution is -2.44. The first-order valence-corrected chi connectivity index (χ1v) is 5.67. The molecule has 0 amide bonds. The van der Waals surface area contributed by atoms with Crippen LogP contribution in [0.5, 0.6) is 0 Å². The zero-order chi connectivity index (χ0) is 11.5. The van der Waals surface area contributed by atoms with E-state index < -0.39 is 0 Å². The molecule has 0 aliphatic carbocycles. The number of hydrogen-bond acceptors (Lipinski definition) is 3. The summed E-state index contributed by atoms with van der Waals surface area (Å²) in [4.78, 5) is 0. The number of ether oxygens (including phenoxy) is 2. The van der Waals surface area contributed by atoms with Gasteiger partial charge in [-0.2, -0.15) is 0 Å². The lowest BCUT2D eigenvalue weighted by atomic mass is 10.2. The second-order valence-electron chi connectivity index (χ2n) is 3.31. The van der Waals surface area contributed by atoms with Crippen LogP contribution in [0.3, 0.4) is 0 Å². The van der Waals surface area contributed by atoms with Gasteiger partial charge in [0.25, 0.3) is 0 Å². The summed E-state index contributed by atoms with van der Waals surface area (Å²) < 4.78 is 10.0. The van der Waals surface area contributed by atoms with Gasteiger partial charge in [-0.3, -0.25) is 0 Å². The molecule has 0 aliphatic heterocycles. The van der Waals surface area contributed by atoms with Gasteiger partial charge in [0.2, 0.25) is 0 Å². The maximum atomic E-state index is 5.14. The molecular formula is C10H22N2O2S. The minimum atomic E-state index is 0.289. The number of rotatable bonds is 8. The summed E-state index contributed by atoms with van der Waals surface area (Å²) in [7, 11) is 3.39. The average Bonchev–Trinajstić information content (AvgIpc) is 2.24. The van der Waals surface area contributed by atoms with Gasteiger partial charge in [-0.15, -0.1) is 0 Å². The highest BCUT2D eigenvalue weighted by Crippen LogP contribution is 1.91. The largest absolute Gasteiger partial charge is 0.385 e. The molecule has 90 valence electrons. The van der Waals surface area contributed by atoms with Crippen LogP contribution < -0.4 is 10.6 Å². The van der Waals surface area contributed by atoms with Gasteiger partial charge >= 0.3 is 0 Å². The first kappa shape index (κ1) is 14.6. The summed E-state index contributed by atoms with van der Waals surface area (Å²) in [6.07, 6.45) is 1.95. The van der Waals surface area contributed by atoms with Crippen molar-refractivity contribution in [1.29, 1.82) is 0 Å². The minimum absolute atomic E-state index is 0.289. The normalized spacial score (nSPS) is 12.2. The summed E-state index contributed by atoms with van der Waals surface area (Å²) in [5.74, 6) is 0. The molecule has 0 fully saturated rings. The van der Waals surface area contributed by atoms with Gasteiger partial charge in [-0.25, -0.2) is 0 Å². The van der Waals surface area contributed by atoms with Gasteiger partial charge < -0.3 is 20.1 Å². The van der Waals surface area contributed by atoms with Crippen molar-refractivity contribution in [3.8, 4) is 0 Å². The molecule has 15 heavy (non-hydrogen) atoms. The van der Waals surface area contributed by atoms with Crippen LogP contribution in [0.1, 0.15) is 19.8 Å². The van der Waals surface area contributed by atoms with Crippen molar-refractivity contribution < 1.29 is 9.47 Å². The molecule has 0 bridgehead atoms. The van der Waals surface area contributed by atoms with Crippen LogP contribution in [0.15, 0.2) is 0 Å². The van der Waals surface area contributed by atoms with Crippen LogP contribution in [0.25, 0.3) is 0 Å². The van der Waals surface area contributed by atoms with E-state index in [9.17, 15) is 0 Å². The number of thiocarbonyl (C=S) groups is 1. The van der Waals surface area contributed by atoms with Crippen LogP contribution in [-0.2, 0) is 9.47 Å². The van der Waals surface area contributed by atoms with Crippen molar-refractivity contribution in [3.05, 3.63) is 0 Å². The smallest absolute Gasteiger partial charge is 0.166 e. The number of hydrogen-bond donors (Lipinski definition) is 2. The van der Waals surface area contributed by atoms with Crippen LogP contribution in [0.4, 0.5) is 0 Å². The van der Waals surface area contributed by atoms with Crippen molar-refractivity contribution in [1.82, 2.24) is 10.6 Å². The second kappa shape index (κ2) is 10.1. The summed E-state index contributed by atoms with van der Waals surface area (Å²) in [5.41, 5.74) is 0. The fraction of sp³-hybridized carbons (Fsp3) is 0.900. The van der Waals surface area contributed by atoms with Gasteiger partial charge in [-0.05, 0) is 25.1 Å². The molecular weight excluding hydrogens is 212 g/mol. The van der Waals surface area contributed by atoms with Crippen molar-refractivity contribution in [3.63, 3.8) is 0 Å². The maximum Gasteiger partial charge on any atom is 0.166 e. The molecule has 0 saturated carbocycles. The fourth-order valence-electron chi connectivity index (χ4n) is 1.12. The Morgan fingerprint density at radius 1 is 1.33 bits per heavy atom. The Labute approximate surface area is 97.7 Å². The Morgan fingerprint density at radius 2 is 2.07 bits per heavy atom. The predicted octanol–water partition coefficient (Wildman–Crippen LogP) is 0.912. The Morgan fingerprint density at radius 3 is 2.60 bits per heavy atom. The van der Waals surface area contributed by atoms with Crippen LogP contribution in [0.2, 0.25) is 0 Å². The van der Waals surface area contributed by atoms with Crippen molar-refractivity contribution in [2.75, 3.05) is 34.0 Å². The first-order chi connectivity index (χ1) is 7.24. The van der Waals surface area contributed by atoms with E-state index in [1.165, 1.54) is 0 Å². The zero-order valence-electron chi connectivity index (χ0n) is 9.84. The molecule has 0 radical (unpaired) electrons. The SMILES string of the molecule is CCC(COC)NC(=S)NCCCOC. The fourth-order valence-corrected chi connectivity index (χ4v) is 1.39. The second-order valence-corrected chi connectivity index (χ2v) is 3.72. The summed E-state index contributed by atoms with van der Waals surface area (Å²) in [5, 5.41) is 7.01. The van der Waals surface area contributed by atoms with E-state index in [1.54, 1.807) is 14.2 Å². The van der Waals surface area contributed by atoms with Gasteiger partial charge in [-0.1, -0.05) is 6.92 Å². The van der Waals surface area contributed by atoms with Crippen LogP contribution in [0, 0.1) is 0 Å². The monoisotopic (exact) mass is 234 g/mol. The molecule has 0 spiro atoms. The van der Waals surface area contributed by atoms with E-state index >= 15 is 0 Å². The van der Waals surface area contributed by atoms with E-state index in [1.807, 2.05) is 0 Å². The molecule has 5 heteroatoms. The molecule has 1 unspecified atom stereocenters. The molecule has 1 atom stereocenters. The Bertz CT molecular complexity index is 168. The summed E-state index contributed by atoms with van der Waals surface area (Å²) >= 11 is 5.14. The third-order valence-corrected chi connectivity index (χ3v) is 2.27. The maximum absolute atomic E-state index is 5.14. The third-order valence-electron chi connectivity index (χ3n) is 2.01. The van der Waals surface area contributed by atoms with Gasteiger partial charge in [0.15, 0.2) is 5.11 Å². The molecule has 0 aromatic carbocycles. The molecule has 0 rings (SSSR count). The lowest BCUT2D eigenvalue weighted by Gasteiger charge is -2.18. The zero-order valence-corrected chi connectivity index (χ0v) is 10.7. The van der Waals surface area contributed by atoms with E-state index in [2.05, 4.69) is 17.6 Å². The minimum Gasteiger partial charge on any atom is -0.385 e. The third kappa shape index (κ3) is 8.59. The lowest BCUT2D eigenvalue weighted by molar-refractivity contribution is 0.172. The quantitative estimate of drug-likeness (QED) is 0.483. The van der Waals surface area contributed by atoms with Crippen molar-refractivity contribution in [2.24, 2.45) is 0 Å². The number of nitrogens with one attached hydrogen (secondary N) is 2. The van der Waals surface area contributed by atoms with Crippen LogP contribution in [-0.4, -0.2) is 45.1 Å². The highest BCUT2D eigenvalue weighted by Gasteiger charge is 2.06. The van der Waals surface area contributed by atoms with Gasteiger partial charge in [0.05, 0.1) is 12.6 Å². The highest BCUT2D eigenvalue weighted by atomic mass is 32.1. The predicted molar refractivity (Wildman–Crippen MR) is 66.2 cm³/mol. The summed E-state index contributed by atoms with van der Waals surface area (Å²) in [6, 6.07) is 0.289. The molecule has 0 aliphatic rings. The standard InChI is InChI=1S/C10H22N2O2S/c1-4-9(8-14-3)12-10(15)11-6-5-7-13-2/h9H,4-8H2,1-3H3,(H2,11,12,15). The van der Waals surface area contributed by atoms with Crippen LogP contribution >= 0.6 is 12.2 Å².